The summed E-state index contributed by atoms with van der Waals surface area (Å²) in [7, 11) is 1.83. The highest BCUT2D eigenvalue weighted by Crippen LogP contribution is 2.17. The molecule has 0 spiro atoms. The minimum absolute atomic E-state index is 0.0143. The van der Waals surface area contributed by atoms with Gasteiger partial charge < -0.3 is 10.6 Å². The van der Waals surface area contributed by atoms with Gasteiger partial charge in [0, 0.05) is 24.5 Å². The fraction of sp³-hybridized carbons (Fsp3) is 0.462. The number of carbonyl (C=O) groups is 1. The molecule has 4 heteroatoms. The van der Waals surface area contributed by atoms with Crippen molar-refractivity contribution in [3.8, 4) is 0 Å². The van der Waals surface area contributed by atoms with E-state index in [0.717, 1.165) is 17.0 Å². The molecule has 2 N–H and O–H groups in total. The lowest BCUT2D eigenvalue weighted by Crippen LogP contribution is -2.34. The average Bonchev–Trinajstić information content (AvgIpc) is 2.29. The number of thioether (sulfide) groups is 1. The maximum absolute atomic E-state index is 12.1. The molecule has 94 valence electrons. The summed E-state index contributed by atoms with van der Waals surface area (Å²) in [4.78, 5) is 12.1. The average molecular weight is 252 g/mol. The molecule has 1 rings (SSSR count). The maximum Gasteiger partial charge on any atom is 0.253 e. The quantitative estimate of drug-likeness (QED) is 0.846. The minimum Gasteiger partial charge on any atom is -0.387 e. The summed E-state index contributed by atoms with van der Waals surface area (Å²) in [5, 5.41) is 6.04. The predicted molar refractivity (Wildman–Crippen MR) is 76.0 cm³/mol. The van der Waals surface area contributed by atoms with Gasteiger partial charge >= 0.3 is 0 Å². The molecule has 1 aromatic carbocycles. The van der Waals surface area contributed by atoms with Crippen LogP contribution in [0.2, 0.25) is 0 Å². The second-order valence-corrected chi connectivity index (χ2v) is 5.04. The van der Waals surface area contributed by atoms with Crippen LogP contribution >= 0.6 is 11.8 Å². The third-order valence-corrected chi connectivity index (χ3v) is 3.32. The monoisotopic (exact) mass is 252 g/mol. The van der Waals surface area contributed by atoms with Crippen LogP contribution in [-0.4, -0.2) is 31.0 Å². The van der Waals surface area contributed by atoms with Crippen molar-refractivity contribution < 1.29 is 4.79 Å². The molecular formula is C13H20N2OS. The molecule has 0 radical (unpaired) electrons. The van der Waals surface area contributed by atoms with Crippen LogP contribution in [0.4, 0.5) is 5.69 Å². The van der Waals surface area contributed by atoms with E-state index in [4.69, 9.17) is 0 Å². The van der Waals surface area contributed by atoms with E-state index < -0.39 is 0 Å². The van der Waals surface area contributed by atoms with Gasteiger partial charge in [0.2, 0.25) is 0 Å². The van der Waals surface area contributed by atoms with E-state index >= 15 is 0 Å². The van der Waals surface area contributed by atoms with Crippen molar-refractivity contribution in [2.24, 2.45) is 0 Å². The van der Waals surface area contributed by atoms with E-state index in [9.17, 15) is 4.79 Å². The van der Waals surface area contributed by atoms with Crippen LogP contribution in [-0.2, 0) is 0 Å². The Kier molecular flexibility index (Phi) is 5.35. The van der Waals surface area contributed by atoms with E-state index in [1.54, 1.807) is 11.8 Å². The Bertz CT molecular complexity index is 393. The van der Waals surface area contributed by atoms with Crippen LogP contribution in [0.3, 0.4) is 0 Å². The van der Waals surface area contributed by atoms with Crippen LogP contribution < -0.4 is 10.6 Å². The summed E-state index contributed by atoms with van der Waals surface area (Å²) in [6, 6.07) is 6.02. The van der Waals surface area contributed by atoms with Crippen LogP contribution in [0, 0.1) is 6.92 Å². The van der Waals surface area contributed by atoms with Gasteiger partial charge in [-0.25, -0.2) is 0 Å². The van der Waals surface area contributed by atoms with Crippen LogP contribution in [0.25, 0.3) is 0 Å². The van der Waals surface area contributed by atoms with Gasteiger partial charge in [0.25, 0.3) is 5.91 Å². The van der Waals surface area contributed by atoms with Crippen LogP contribution in [0.15, 0.2) is 18.2 Å². The first-order valence-corrected chi connectivity index (χ1v) is 7.06. The lowest BCUT2D eigenvalue weighted by atomic mass is 10.1. The molecule has 1 aromatic rings. The fourth-order valence-electron chi connectivity index (χ4n) is 1.66. The van der Waals surface area contributed by atoms with Crippen molar-refractivity contribution in [1.29, 1.82) is 0 Å². The summed E-state index contributed by atoms with van der Waals surface area (Å²) in [6.07, 6.45) is 2.04. The van der Waals surface area contributed by atoms with Gasteiger partial charge in [-0.3, -0.25) is 4.79 Å². The first-order valence-electron chi connectivity index (χ1n) is 5.66. The highest BCUT2D eigenvalue weighted by molar-refractivity contribution is 7.98. The molecule has 0 aliphatic carbocycles. The molecule has 1 atom stereocenters. The number of benzene rings is 1. The smallest absolute Gasteiger partial charge is 0.253 e. The maximum atomic E-state index is 12.1. The Morgan fingerprint density at radius 3 is 2.76 bits per heavy atom. The molecule has 0 heterocycles. The molecule has 0 aliphatic rings. The number of aryl methyl sites for hydroxylation is 1. The van der Waals surface area contributed by atoms with Crippen molar-refractivity contribution in [1.82, 2.24) is 5.32 Å². The molecule has 1 amide bonds. The second-order valence-electron chi connectivity index (χ2n) is 4.13. The van der Waals surface area contributed by atoms with E-state index in [0.29, 0.717) is 5.56 Å². The highest BCUT2D eigenvalue weighted by Gasteiger charge is 2.13. The van der Waals surface area contributed by atoms with Crippen molar-refractivity contribution in [2.45, 2.75) is 19.9 Å². The molecule has 0 bridgehead atoms. The zero-order valence-electron chi connectivity index (χ0n) is 10.8. The van der Waals surface area contributed by atoms with E-state index in [1.165, 1.54) is 0 Å². The van der Waals surface area contributed by atoms with Crippen molar-refractivity contribution in [3.63, 3.8) is 0 Å². The summed E-state index contributed by atoms with van der Waals surface area (Å²) in [5.41, 5.74) is 2.66. The van der Waals surface area contributed by atoms with Gasteiger partial charge in [-0.1, -0.05) is 11.6 Å². The van der Waals surface area contributed by atoms with Gasteiger partial charge in [0.15, 0.2) is 0 Å². The van der Waals surface area contributed by atoms with Crippen molar-refractivity contribution >= 4 is 23.4 Å². The zero-order valence-corrected chi connectivity index (χ0v) is 11.6. The van der Waals surface area contributed by atoms with E-state index in [2.05, 4.69) is 10.6 Å². The number of anilines is 1. The summed E-state index contributed by atoms with van der Waals surface area (Å²) in [5.74, 6) is 0.909. The van der Waals surface area contributed by atoms with Gasteiger partial charge in [0.05, 0.1) is 5.56 Å². The molecule has 3 nitrogen and oxygen atoms in total. The number of rotatable bonds is 5. The first kappa shape index (κ1) is 13.9. The van der Waals surface area contributed by atoms with Crippen molar-refractivity contribution in [2.75, 3.05) is 24.4 Å². The Labute approximate surface area is 107 Å². The van der Waals surface area contributed by atoms with E-state index in [-0.39, 0.29) is 11.9 Å². The highest BCUT2D eigenvalue weighted by atomic mass is 32.2. The van der Waals surface area contributed by atoms with Crippen molar-refractivity contribution in [3.05, 3.63) is 29.3 Å². The minimum atomic E-state index is -0.0143. The van der Waals surface area contributed by atoms with E-state index in [1.807, 2.05) is 45.4 Å². The normalized spacial score (nSPS) is 12.0. The topological polar surface area (TPSA) is 41.1 Å². The summed E-state index contributed by atoms with van der Waals surface area (Å²) < 4.78 is 0. The molecule has 0 saturated carbocycles. The lowest BCUT2D eigenvalue weighted by Gasteiger charge is -2.15. The van der Waals surface area contributed by atoms with Gasteiger partial charge in [-0.05, 0) is 32.2 Å². The number of hydrogen-bond acceptors (Lipinski definition) is 3. The molecule has 0 aromatic heterocycles. The third kappa shape index (κ3) is 3.97. The van der Waals surface area contributed by atoms with Crippen LogP contribution in [0.5, 0.6) is 0 Å². The van der Waals surface area contributed by atoms with Gasteiger partial charge in [0.1, 0.15) is 0 Å². The SMILES string of the molecule is CNc1ccc(C)cc1C(=O)NC(C)CSC. The predicted octanol–water partition coefficient (Wildman–Crippen LogP) is 2.52. The Balaban J connectivity index is 2.83. The molecule has 1 unspecified atom stereocenters. The molecule has 0 fully saturated rings. The standard InChI is InChI=1S/C13H20N2OS/c1-9-5-6-12(14-3)11(7-9)13(16)15-10(2)8-17-4/h5-7,10,14H,8H2,1-4H3,(H,15,16). The number of amides is 1. The molecular weight excluding hydrogens is 232 g/mol. The Morgan fingerprint density at radius 1 is 1.47 bits per heavy atom. The number of hydrogen-bond donors (Lipinski definition) is 2. The molecule has 17 heavy (non-hydrogen) atoms. The van der Waals surface area contributed by atoms with Gasteiger partial charge in [-0.2, -0.15) is 11.8 Å². The Hall–Kier alpha value is -1.16. The second kappa shape index (κ2) is 6.55. The first-order chi connectivity index (χ1) is 8.08. The summed E-state index contributed by atoms with van der Waals surface area (Å²) in [6.45, 7) is 4.00. The van der Waals surface area contributed by atoms with Gasteiger partial charge in [-0.15, -0.1) is 0 Å². The number of nitrogens with one attached hydrogen (secondary N) is 2. The largest absolute Gasteiger partial charge is 0.387 e. The third-order valence-electron chi connectivity index (χ3n) is 2.48. The molecule has 0 aliphatic heterocycles. The van der Waals surface area contributed by atoms with Crippen LogP contribution in [0.1, 0.15) is 22.8 Å². The lowest BCUT2D eigenvalue weighted by molar-refractivity contribution is 0.0944. The Morgan fingerprint density at radius 2 is 2.18 bits per heavy atom. The number of carbonyl (C=O) groups excluding carboxylic acids is 1. The fourth-order valence-corrected chi connectivity index (χ4v) is 2.24. The zero-order chi connectivity index (χ0) is 12.8. The molecule has 0 saturated heterocycles. The summed E-state index contributed by atoms with van der Waals surface area (Å²) >= 11 is 1.73.